The van der Waals surface area contributed by atoms with Crippen molar-refractivity contribution in [2.75, 3.05) is 31.2 Å². The molecule has 1 N–H and O–H groups in total. The number of aromatic nitrogens is 1. The Bertz CT molecular complexity index is 1210. The van der Waals surface area contributed by atoms with Gasteiger partial charge in [0.05, 0.1) is 30.3 Å². The van der Waals surface area contributed by atoms with Crippen LogP contribution in [0.1, 0.15) is 0 Å². The van der Waals surface area contributed by atoms with Gasteiger partial charge in [-0.1, -0.05) is 6.07 Å². The number of benzene rings is 2. The summed E-state index contributed by atoms with van der Waals surface area (Å²) in [4.78, 5) is 25.5. The molecule has 30 heavy (non-hydrogen) atoms. The zero-order chi connectivity index (χ0) is 21.4. The van der Waals surface area contributed by atoms with Crippen molar-refractivity contribution in [3.05, 3.63) is 64.2 Å². The molecule has 1 fully saturated rings. The summed E-state index contributed by atoms with van der Waals surface area (Å²) in [6.45, 7) is 2.30. The predicted molar refractivity (Wildman–Crippen MR) is 101 cm³/mol. The molecule has 1 saturated heterocycles. The summed E-state index contributed by atoms with van der Waals surface area (Å²) >= 11 is 0. The third-order valence-corrected chi connectivity index (χ3v) is 4.77. The second-order valence-corrected chi connectivity index (χ2v) is 6.56. The van der Waals surface area contributed by atoms with Crippen LogP contribution in [0, 0.1) is 17.5 Å². The Morgan fingerprint density at radius 2 is 1.77 bits per heavy atom. The normalized spacial score (nSPS) is 14.2. The largest absolute Gasteiger partial charge is 0.511 e. The molecule has 0 saturated carbocycles. The van der Waals surface area contributed by atoms with Crippen LogP contribution in [0.3, 0.4) is 0 Å². The fourth-order valence-corrected chi connectivity index (χ4v) is 3.40. The Balaban J connectivity index is 1.98. The van der Waals surface area contributed by atoms with Gasteiger partial charge in [0.1, 0.15) is 0 Å². The topological polar surface area (TPSA) is 81.0 Å². The number of hydrogen-bond acceptors (Lipinski definition) is 5. The molecular formula is C20H15F3N2O5. The summed E-state index contributed by atoms with van der Waals surface area (Å²) in [5.41, 5.74) is -0.558. The van der Waals surface area contributed by atoms with E-state index in [-0.39, 0.29) is 0 Å². The number of ether oxygens (including phenoxy) is 2. The third kappa shape index (κ3) is 3.45. The minimum absolute atomic E-state index is 0.295. The number of halogens is 3. The van der Waals surface area contributed by atoms with Gasteiger partial charge in [-0.15, -0.1) is 0 Å². The predicted octanol–water partition coefficient (Wildman–Crippen LogP) is 3.30. The fraction of sp³-hybridized carbons (Fsp3) is 0.200. The molecule has 0 aliphatic carbocycles. The van der Waals surface area contributed by atoms with Gasteiger partial charge in [0.2, 0.25) is 5.43 Å². The molecule has 0 unspecified atom stereocenters. The molecule has 3 aromatic rings. The van der Waals surface area contributed by atoms with Crippen molar-refractivity contribution < 1.29 is 32.5 Å². The van der Waals surface area contributed by atoms with Gasteiger partial charge in [-0.2, -0.15) is 0 Å². The molecule has 0 amide bonds. The first-order chi connectivity index (χ1) is 14.4. The molecule has 0 bridgehead atoms. The number of nitrogens with zero attached hydrogens (tertiary/aromatic N) is 2. The number of pyridine rings is 1. The van der Waals surface area contributed by atoms with E-state index in [0.29, 0.717) is 38.1 Å². The van der Waals surface area contributed by atoms with Gasteiger partial charge in [0, 0.05) is 24.5 Å². The van der Waals surface area contributed by atoms with Gasteiger partial charge >= 0.3 is 6.16 Å². The van der Waals surface area contributed by atoms with Gasteiger partial charge in [-0.3, -0.25) is 4.79 Å². The number of fused-ring (bicyclic) bond motifs is 1. The van der Waals surface area contributed by atoms with Gasteiger partial charge in [-0.05, 0) is 24.3 Å². The summed E-state index contributed by atoms with van der Waals surface area (Å²) in [6, 6.07) is 7.21. The van der Waals surface area contributed by atoms with E-state index in [9.17, 15) is 22.8 Å². The highest BCUT2D eigenvalue weighted by Crippen LogP contribution is 2.28. The minimum atomic E-state index is -1.77. The Kier molecular flexibility index (Phi) is 5.08. The van der Waals surface area contributed by atoms with Crippen LogP contribution in [-0.4, -0.2) is 42.1 Å². The van der Waals surface area contributed by atoms with Crippen LogP contribution in [0.4, 0.5) is 23.7 Å². The monoisotopic (exact) mass is 420 g/mol. The standard InChI is InChI=1S/C20H15F3N2O5/c21-14-9-13-18(17(23)16(14)22)25(10-15(19(13)26)30-20(27)28)12-3-1-2-11(8-12)24-4-6-29-7-5-24/h1-3,8-10H,4-7H2,(H,27,28). The smallest absolute Gasteiger partial charge is 0.449 e. The lowest BCUT2D eigenvalue weighted by Crippen LogP contribution is -2.36. The van der Waals surface area contributed by atoms with Crippen LogP contribution < -0.4 is 15.1 Å². The van der Waals surface area contributed by atoms with Gasteiger partial charge in [-0.25, -0.2) is 18.0 Å². The van der Waals surface area contributed by atoms with Crippen molar-refractivity contribution in [2.45, 2.75) is 0 Å². The van der Waals surface area contributed by atoms with E-state index in [2.05, 4.69) is 4.74 Å². The van der Waals surface area contributed by atoms with E-state index < -0.39 is 45.7 Å². The van der Waals surface area contributed by atoms with E-state index >= 15 is 0 Å². The number of rotatable bonds is 3. The number of carbonyl (C=O) groups is 1. The van der Waals surface area contributed by atoms with Gasteiger partial charge in [0.25, 0.3) is 0 Å². The van der Waals surface area contributed by atoms with Crippen LogP contribution in [-0.2, 0) is 4.74 Å². The highest BCUT2D eigenvalue weighted by molar-refractivity contribution is 5.83. The second-order valence-electron chi connectivity index (χ2n) is 6.56. The first-order valence-electron chi connectivity index (χ1n) is 8.93. The van der Waals surface area contributed by atoms with Crippen molar-refractivity contribution in [2.24, 2.45) is 0 Å². The molecule has 1 aliphatic rings. The quantitative estimate of drug-likeness (QED) is 0.517. The van der Waals surface area contributed by atoms with Crippen LogP contribution >= 0.6 is 0 Å². The summed E-state index contributed by atoms with van der Waals surface area (Å²) in [6.07, 6.45) is -0.833. The van der Waals surface area contributed by atoms with Crippen LogP contribution in [0.25, 0.3) is 16.6 Å². The lowest BCUT2D eigenvalue weighted by molar-refractivity contribution is 0.122. The molecular weight excluding hydrogens is 405 g/mol. The molecule has 0 atom stereocenters. The summed E-state index contributed by atoms with van der Waals surface area (Å²) < 4.78 is 53.3. The first kappa shape index (κ1) is 19.8. The maximum Gasteiger partial charge on any atom is 0.511 e. The van der Waals surface area contributed by atoms with Crippen molar-refractivity contribution in [1.29, 1.82) is 0 Å². The number of anilines is 1. The number of hydrogen-bond donors (Lipinski definition) is 1. The molecule has 2 heterocycles. The Labute approximate surface area is 167 Å². The van der Waals surface area contributed by atoms with E-state index in [1.807, 2.05) is 11.0 Å². The highest BCUT2D eigenvalue weighted by atomic mass is 19.2. The molecule has 7 nitrogen and oxygen atoms in total. The Hall–Kier alpha value is -3.53. The van der Waals surface area contributed by atoms with Crippen molar-refractivity contribution in [3.8, 4) is 11.4 Å². The molecule has 0 spiro atoms. The van der Waals surface area contributed by atoms with E-state index in [0.717, 1.165) is 16.5 Å². The zero-order valence-electron chi connectivity index (χ0n) is 15.4. The van der Waals surface area contributed by atoms with E-state index in [4.69, 9.17) is 9.84 Å². The number of morpholine rings is 1. The molecule has 1 aromatic heterocycles. The maximum atomic E-state index is 14.7. The Morgan fingerprint density at radius 3 is 2.47 bits per heavy atom. The van der Waals surface area contributed by atoms with Crippen molar-refractivity contribution in [3.63, 3.8) is 0 Å². The second kappa shape index (κ2) is 7.71. The van der Waals surface area contributed by atoms with Gasteiger partial charge in [0.15, 0.2) is 23.2 Å². The molecule has 10 heteroatoms. The summed E-state index contributed by atoms with van der Waals surface area (Å²) in [5, 5.41) is 8.34. The van der Waals surface area contributed by atoms with E-state index in [1.54, 1.807) is 18.2 Å². The van der Waals surface area contributed by atoms with Crippen LogP contribution in [0.15, 0.2) is 41.3 Å². The van der Waals surface area contributed by atoms with Crippen LogP contribution in [0.2, 0.25) is 0 Å². The molecule has 156 valence electrons. The zero-order valence-corrected chi connectivity index (χ0v) is 15.4. The summed E-state index contributed by atoms with van der Waals surface area (Å²) in [5.74, 6) is -5.55. The first-order valence-corrected chi connectivity index (χ1v) is 8.93. The molecule has 0 radical (unpaired) electrons. The average Bonchev–Trinajstić information content (AvgIpc) is 2.74. The highest BCUT2D eigenvalue weighted by Gasteiger charge is 2.22. The van der Waals surface area contributed by atoms with E-state index in [1.165, 1.54) is 0 Å². The SMILES string of the molecule is O=C(O)Oc1cn(-c2cccc(N3CCOCC3)c2)c2c(F)c(F)c(F)cc2c1=O. The number of carboxylic acid groups (broad SMARTS) is 1. The fourth-order valence-electron chi connectivity index (χ4n) is 3.40. The molecule has 4 rings (SSSR count). The average molecular weight is 420 g/mol. The summed E-state index contributed by atoms with van der Waals surface area (Å²) in [7, 11) is 0. The van der Waals surface area contributed by atoms with Crippen molar-refractivity contribution in [1.82, 2.24) is 4.57 Å². The third-order valence-electron chi connectivity index (χ3n) is 4.77. The lowest BCUT2D eigenvalue weighted by Gasteiger charge is -2.29. The van der Waals surface area contributed by atoms with Crippen molar-refractivity contribution >= 4 is 22.7 Å². The lowest BCUT2D eigenvalue weighted by atomic mass is 10.1. The maximum absolute atomic E-state index is 14.7. The van der Waals surface area contributed by atoms with Gasteiger partial charge < -0.3 is 24.0 Å². The van der Waals surface area contributed by atoms with Crippen LogP contribution in [0.5, 0.6) is 5.75 Å². The Morgan fingerprint density at radius 1 is 1.07 bits per heavy atom. The molecule has 2 aromatic carbocycles. The molecule has 1 aliphatic heterocycles. The minimum Gasteiger partial charge on any atom is -0.449 e.